The molecule has 0 bridgehead atoms. The second kappa shape index (κ2) is 9.46. The number of nitriles is 1. The molecule has 33 heavy (non-hydrogen) atoms. The third kappa shape index (κ3) is 4.56. The van der Waals surface area contributed by atoms with Crippen LogP contribution in [0.5, 0.6) is 0 Å². The molecule has 0 spiro atoms. The largest absolute Gasteiger partial charge is 0.394 e. The molecule has 1 saturated heterocycles. The summed E-state index contributed by atoms with van der Waals surface area (Å²) in [5.41, 5.74) is -0.893. The monoisotopic (exact) mass is 479 g/mol. The lowest BCUT2D eigenvalue weighted by Crippen LogP contribution is -2.55. The summed E-state index contributed by atoms with van der Waals surface area (Å²) in [5.74, 6) is -4.43. The number of benzene rings is 1. The maximum absolute atomic E-state index is 13.6. The molecule has 0 saturated carbocycles. The predicted octanol–water partition coefficient (Wildman–Crippen LogP) is 1.40. The average molecular weight is 479 g/mol. The fourth-order valence-corrected chi connectivity index (χ4v) is 4.41. The van der Waals surface area contributed by atoms with Gasteiger partial charge in [0.25, 0.3) is 0 Å². The van der Waals surface area contributed by atoms with Crippen LogP contribution in [0.3, 0.4) is 0 Å². The molecule has 13 heteroatoms. The molecule has 4 rings (SSSR count). The van der Waals surface area contributed by atoms with Gasteiger partial charge in [-0.25, -0.2) is 22.8 Å². The molecule has 9 nitrogen and oxygen atoms in total. The first-order chi connectivity index (χ1) is 15.8. The minimum Gasteiger partial charge on any atom is -0.394 e. The molecule has 3 N–H and O–H groups in total. The lowest BCUT2D eigenvalue weighted by Gasteiger charge is -2.41. The van der Waals surface area contributed by atoms with Crippen molar-refractivity contribution >= 4 is 11.8 Å². The third-order valence-electron chi connectivity index (χ3n) is 5.05. The minimum atomic E-state index is -1.62. The van der Waals surface area contributed by atoms with E-state index >= 15 is 0 Å². The lowest BCUT2D eigenvalue weighted by molar-refractivity contribution is -0.178. The van der Waals surface area contributed by atoms with Crippen molar-refractivity contribution < 1.29 is 33.2 Å². The van der Waals surface area contributed by atoms with Crippen molar-refractivity contribution in [3.8, 4) is 17.3 Å². The van der Waals surface area contributed by atoms with Gasteiger partial charge in [0.2, 0.25) is 0 Å². The molecule has 1 aromatic carbocycles. The van der Waals surface area contributed by atoms with Gasteiger partial charge >= 0.3 is 0 Å². The smallest absolute Gasteiger partial charge is 0.194 e. The van der Waals surface area contributed by atoms with E-state index in [4.69, 9.17) is 10.00 Å². The number of hydrogen-bond acceptors (Lipinski definition) is 9. The van der Waals surface area contributed by atoms with Crippen LogP contribution in [0, 0.1) is 28.8 Å². The molecule has 3 aromatic rings. The van der Waals surface area contributed by atoms with Crippen molar-refractivity contribution in [2.75, 3.05) is 6.61 Å². The van der Waals surface area contributed by atoms with E-state index in [1.165, 1.54) is 18.5 Å². The summed E-state index contributed by atoms with van der Waals surface area (Å²) < 4.78 is 47.2. The number of rotatable bonds is 5. The van der Waals surface area contributed by atoms with Gasteiger partial charge in [-0.1, -0.05) is 17.0 Å². The number of hydrogen-bond donors (Lipinski definition) is 3. The van der Waals surface area contributed by atoms with Gasteiger partial charge in [0.1, 0.15) is 47.2 Å². The highest BCUT2D eigenvalue weighted by Gasteiger charge is 2.46. The zero-order chi connectivity index (χ0) is 23.7. The first-order valence-electron chi connectivity index (χ1n) is 9.54. The van der Waals surface area contributed by atoms with Gasteiger partial charge in [0, 0.05) is 16.7 Å². The van der Waals surface area contributed by atoms with E-state index in [0.29, 0.717) is 4.90 Å². The fourth-order valence-electron chi connectivity index (χ4n) is 3.39. The Labute approximate surface area is 189 Å². The predicted molar refractivity (Wildman–Crippen MR) is 107 cm³/mol. The number of aliphatic hydroxyl groups excluding tert-OH is 3. The molecule has 0 aliphatic carbocycles. The van der Waals surface area contributed by atoms with Gasteiger partial charge in [-0.3, -0.25) is 0 Å². The maximum Gasteiger partial charge on any atom is 0.194 e. The van der Waals surface area contributed by atoms with E-state index in [2.05, 4.69) is 15.3 Å². The Hall–Kier alpha value is -3.02. The van der Waals surface area contributed by atoms with Crippen molar-refractivity contribution in [3.05, 3.63) is 59.8 Å². The highest BCUT2D eigenvalue weighted by atomic mass is 32.2. The Kier molecular flexibility index (Phi) is 6.63. The number of nitrogens with zero attached hydrogens (tertiary/aromatic N) is 5. The molecule has 0 radical (unpaired) electrons. The van der Waals surface area contributed by atoms with E-state index in [1.807, 2.05) is 6.07 Å². The number of aliphatic hydroxyl groups is 3. The average Bonchev–Trinajstić information content (AvgIpc) is 3.29. The van der Waals surface area contributed by atoms with E-state index < -0.39 is 53.8 Å². The van der Waals surface area contributed by atoms with Crippen molar-refractivity contribution in [2.24, 2.45) is 0 Å². The Morgan fingerprint density at radius 2 is 1.88 bits per heavy atom. The summed E-state index contributed by atoms with van der Waals surface area (Å²) in [7, 11) is 0. The molecule has 5 atom stereocenters. The summed E-state index contributed by atoms with van der Waals surface area (Å²) >= 11 is 1.05. The van der Waals surface area contributed by atoms with Crippen LogP contribution in [0.25, 0.3) is 11.3 Å². The van der Waals surface area contributed by atoms with Gasteiger partial charge in [0.05, 0.1) is 12.8 Å². The summed E-state index contributed by atoms with van der Waals surface area (Å²) in [6.45, 7) is -0.566. The van der Waals surface area contributed by atoms with Crippen LogP contribution < -0.4 is 0 Å². The third-order valence-corrected chi connectivity index (χ3v) is 6.18. The van der Waals surface area contributed by atoms with Crippen LogP contribution in [-0.4, -0.2) is 65.7 Å². The molecule has 3 unspecified atom stereocenters. The molecule has 1 aliphatic heterocycles. The molecule has 0 amide bonds. The zero-order valence-electron chi connectivity index (χ0n) is 16.6. The Morgan fingerprint density at radius 3 is 2.48 bits per heavy atom. The second-order valence-electron chi connectivity index (χ2n) is 7.14. The summed E-state index contributed by atoms with van der Waals surface area (Å²) in [5, 5.41) is 47.7. The number of aromatic nitrogens is 4. The first-order valence-corrected chi connectivity index (χ1v) is 10.4. The standard InChI is InChI=1S/C20H16F3N5O4S/c21-12-3-9(4-13(22)16(12)23)14-7-28(27-26-14)17-18(30)15(8-29)32-20(19(17)31)33-11-2-1-10(5-24)25-6-11/h1-4,6-7,15,17-20,29-31H,8H2/t15?,17?,18-,19?,20+/m0/s1. The van der Waals surface area contributed by atoms with Crippen molar-refractivity contribution in [2.45, 2.75) is 34.7 Å². The summed E-state index contributed by atoms with van der Waals surface area (Å²) in [4.78, 5) is 4.50. The Bertz CT molecular complexity index is 1170. The van der Waals surface area contributed by atoms with E-state index in [-0.39, 0.29) is 17.0 Å². The number of halogens is 3. The van der Waals surface area contributed by atoms with Crippen LogP contribution >= 0.6 is 11.8 Å². The van der Waals surface area contributed by atoms with Crippen LogP contribution in [0.2, 0.25) is 0 Å². The zero-order valence-corrected chi connectivity index (χ0v) is 17.4. The van der Waals surface area contributed by atoms with Crippen LogP contribution in [0.1, 0.15) is 11.7 Å². The van der Waals surface area contributed by atoms with Crippen LogP contribution in [-0.2, 0) is 4.74 Å². The second-order valence-corrected chi connectivity index (χ2v) is 8.32. The van der Waals surface area contributed by atoms with Crippen molar-refractivity contribution in [3.63, 3.8) is 0 Å². The molecule has 1 aliphatic rings. The summed E-state index contributed by atoms with van der Waals surface area (Å²) in [6.07, 6.45) is -1.21. The van der Waals surface area contributed by atoms with E-state index in [1.54, 1.807) is 6.07 Å². The molecular weight excluding hydrogens is 463 g/mol. The van der Waals surface area contributed by atoms with Crippen molar-refractivity contribution in [1.29, 1.82) is 5.26 Å². The SMILES string of the molecule is N#Cc1ccc(S[C@H]2OC(CO)[C@H](O)C(n3cc(-c4cc(F)c(F)c(F)c4)nn3)C2O)cn1. The fraction of sp³-hybridized carbons (Fsp3) is 0.300. The lowest BCUT2D eigenvalue weighted by atomic mass is 9.97. The van der Waals surface area contributed by atoms with Gasteiger partial charge < -0.3 is 20.1 Å². The maximum atomic E-state index is 13.6. The molecular formula is C20H16F3N5O4S. The van der Waals surface area contributed by atoms with Crippen molar-refractivity contribution in [1.82, 2.24) is 20.0 Å². The number of pyridine rings is 1. The quantitative estimate of drug-likeness (QED) is 0.464. The van der Waals surface area contributed by atoms with Gasteiger partial charge in [-0.2, -0.15) is 5.26 Å². The molecule has 1 fully saturated rings. The van der Waals surface area contributed by atoms with Crippen LogP contribution in [0.4, 0.5) is 13.2 Å². The highest BCUT2D eigenvalue weighted by Crippen LogP contribution is 2.38. The topological polar surface area (TPSA) is 137 Å². The van der Waals surface area contributed by atoms with E-state index in [0.717, 1.165) is 28.6 Å². The van der Waals surface area contributed by atoms with Gasteiger partial charge in [-0.05, 0) is 24.3 Å². The number of ether oxygens (including phenoxy) is 1. The molecule has 2 aromatic heterocycles. The highest BCUT2D eigenvalue weighted by molar-refractivity contribution is 7.99. The van der Waals surface area contributed by atoms with Crippen LogP contribution in [0.15, 0.2) is 41.6 Å². The normalized spacial score (nSPS) is 25.1. The Morgan fingerprint density at radius 1 is 1.15 bits per heavy atom. The molecule has 172 valence electrons. The first kappa shape index (κ1) is 23.1. The van der Waals surface area contributed by atoms with E-state index in [9.17, 15) is 28.5 Å². The molecule has 3 heterocycles. The minimum absolute atomic E-state index is 0.0280. The Balaban J connectivity index is 1.62. The number of thioether (sulfide) groups is 1. The summed E-state index contributed by atoms with van der Waals surface area (Å²) in [6, 6.07) is 5.33. The van der Waals surface area contributed by atoms with Gasteiger partial charge in [-0.15, -0.1) is 5.10 Å². The van der Waals surface area contributed by atoms with Gasteiger partial charge in [0.15, 0.2) is 17.5 Å².